The molecule has 5 nitrogen and oxygen atoms in total. The Balaban J connectivity index is 1.82. The Morgan fingerprint density at radius 1 is 1.00 bits per heavy atom. The molecule has 0 fully saturated rings. The second-order valence-corrected chi connectivity index (χ2v) is 5.05. The number of rotatable bonds is 3. The lowest BCUT2D eigenvalue weighted by Crippen LogP contribution is -2.29. The molecular weight excluding hydrogens is 250 g/mol. The van der Waals surface area contributed by atoms with E-state index >= 15 is 0 Å². The van der Waals surface area contributed by atoms with Crippen LogP contribution in [0.2, 0.25) is 0 Å². The molecule has 0 amide bonds. The van der Waals surface area contributed by atoms with Gasteiger partial charge >= 0.3 is 0 Å². The maximum atomic E-state index is 5.62. The fourth-order valence-corrected chi connectivity index (χ4v) is 2.18. The van der Waals surface area contributed by atoms with Gasteiger partial charge in [0.05, 0.1) is 17.1 Å². The van der Waals surface area contributed by atoms with Gasteiger partial charge in [-0.15, -0.1) is 0 Å². The molecule has 2 aromatic rings. The van der Waals surface area contributed by atoms with E-state index in [1.165, 1.54) is 5.69 Å². The fourth-order valence-electron chi connectivity index (χ4n) is 2.18. The number of nitrogens with zero attached hydrogens (tertiary/aromatic N) is 2. The number of hydrazine groups is 2. The van der Waals surface area contributed by atoms with E-state index in [2.05, 4.69) is 34.0 Å². The standard InChI is InChI=1S/C15H19N5/c1-19(2)13-7-8-14-15(9-13)18-20(17-14)12-5-3-11(10-16)4-6-12/h3-9,17-18H,10,16H2,1-2H3. The van der Waals surface area contributed by atoms with Gasteiger partial charge in [0, 0.05) is 26.3 Å². The molecule has 0 saturated carbocycles. The van der Waals surface area contributed by atoms with Gasteiger partial charge < -0.3 is 10.6 Å². The summed E-state index contributed by atoms with van der Waals surface area (Å²) in [6, 6.07) is 14.4. The molecule has 0 spiro atoms. The molecule has 0 radical (unpaired) electrons. The highest BCUT2D eigenvalue weighted by Gasteiger charge is 2.18. The Bertz CT molecular complexity index is 606. The predicted molar refractivity (Wildman–Crippen MR) is 84.8 cm³/mol. The van der Waals surface area contributed by atoms with Crippen molar-refractivity contribution in [3.05, 3.63) is 48.0 Å². The Kier molecular flexibility index (Phi) is 3.12. The molecule has 0 unspecified atom stereocenters. The maximum Gasteiger partial charge on any atom is 0.0832 e. The minimum absolute atomic E-state index is 0.563. The minimum Gasteiger partial charge on any atom is -0.378 e. The van der Waals surface area contributed by atoms with Crippen molar-refractivity contribution >= 4 is 22.7 Å². The molecule has 0 bridgehead atoms. The van der Waals surface area contributed by atoms with Crippen molar-refractivity contribution in [2.75, 3.05) is 35.0 Å². The van der Waals surface area contributed by atoms with Crippen LogP contribution in [0.5, 0.6) is 0 Å². The monoisotopic (exact) mass is 269 g/mol. The van der Waals surface area contributed by atoms with Crippen LogP contribution in [0, 0.1) is 0 Å². The van der Waals surface area contributed by atoms with E-state index in [4.69, 9.17) is 5.73 Å². The first kappa shape index (κ1) is 12.6. The number of nitrogens with one attached hydrogen (secondary N) is 2. The van der Waals surface area contributed by atoms with Crippen molar-refractivity contribution in [3.8, 4) is 0 Å². The van der Waals surface area contributed by atoms with E-state index in [9.17, 15) is 0 Å². The summed E-state index contributed by atoms with van der Waals surface area (Å²) in [6.07, 6.45) is 0. The number of hydrogen-bond acceptors (Lipinski definition) is 5. The molecule has 1 aliphatic heterocycles. The number of hydrogen-bond donors (Lipinski definition) is 3. The van der Waals surface area contributed by atoms with Crippen LogP contribution in [0.1, 0.15) is 5.56 Å². The van der Waals surface area contributed by atoms with Crippen LogP contribution in [0.15, 0.2) is 42.5 Å². The molecule has 1 aliphatic rings. The van der Waals surface area contributed by atoms with Crippen LogP contribution in [0.25, 0.3) is 0 Å². The highest BCUT2D eigenvalue weighted by molar-refractivity contribution is 5.82. The van der Waals surface area contributed by atoms with Crippen molar-refractivity contribution in [1.82, 2.24) is 0 Å². The average molecular weight is 269 g/mol. The van der Waals surface area contributed by atoms with Crippen LogP contribution in [0.4, 0.5) is 22.7 Å². The zero-order valence-corrected chi connectivity index (χ0v) is 11.7. The van der Waals surface area contributed by atoms with Gasteiger partial charge in [0.25, 0.3) is 0 Å². The Morgan fingerprint density at radius 3 is 2.35 bits per heavy atom. The summed E-state index contributed by atoms with van der Waals surface area (Å²) in [6.45, 7) is 0.563. The van der Waals surface area contributed by atoms with Crippen molar-refractivity contribution in [3.63, 3.8) is 0 Å². The second-order valence-electron chi connectivity index (χ2n) is 5.05. The summed E-state index contributed by atoms with van der Waals surface area (Å²) >= 11 is 0. The molecule has 104 valence electrons. The van der Waals surface area contributed by atoms with Gasteiger partial charge in [-0.3, -0.25) is 10.9 Å². The summed E-state index contributed by atoms with van der Waals surface area (Å²) < 4.78 is 0. The summed E-state index contributed by atoms with van der Waals surface area (Å²) in [7, 11) is 4.07. The Labute approximate surface area is 118 Å². The third-order valence-electron chi connectivity index (χ3n) is 3.41. The maximum absolute atomic E-state index is 5.62. The van der Waals surface area contributed by atoms with Crippen molar-refractivity contribution < 1.29 is 0 Å². The van der Waals surface area contributed by atoms with Crippen LogP contribution in [-0.4, -0.2) is 14.1 Å². The van der Waals surface area contributed by atoms with Crippen molar-refractivity contribution in [2.45, 2.75) is 6.54 Å². The Morgan fingerprint density at radius 2 is 1.70 bits per heavy atom. The van der Waals surface area contributed by atoms with Crippen molar-refractivity contribution in [2.24, 2.45) is 5.73 Å². The van der Waals surface area contributed by atoms with Gasteiger partial charge in [-0.05, 0) is 35.9 Å². The Hall–Kier alpha value is -2.40. The molecule has 5 heteroatoms. The first-order valence-corrected chi connectivity index (χ1v) is 6.61. The van der Waals surface area contributed by atoms with Crippen LogP contribution < -0.4 is 26.6 Å². The summed E-state index contributed by atoms with van der Waals surface area (Å²) in [5.41, 5.74) is 17.8. The van der Waals surface area contributed by atoms with Gasteiger partial charge in [-0.2, -0.15) is 5.12 Å². The molecule has 4 N–H and O–H groups in total. The average Bonchev–Trinajstić information content (AvgIpc) is 2.90. The lowest BCUT2D eigenvalue weighted by atomic mass is 10.2. The highest BCUT2D eigenvalue weighted by atomic mass is 15.8. The first-order valence-electron chi connectivity index (χ1n) is 6.61. The van der Waals surface area contributed by atoms with E-state index in [0.29, 0.717) is 6.54 Å². The van der Waals surface area contributed by atoms with Gasteiger partial charge in [0.15, 0.2) is 0 Å². The molecule has 0 aliphatic carbocycles. The van der Waals surface area contributed by atoms with Gasteiger partial charge in [-0.1, -0.05) is 12.1 Å². The molecule has 0 aromatic heterocycles. The van der Waals surface area contributed by atoms with E-state index in [-0.39, 0.29) is 0 Å². The number of fused-ring (bicyclic) bond motifs is 1. The van der Waals surface area contributed by atoms with E-state index in [1.54, 1.807) is 0 Å². The lowest BCUT2D eigenvalue weighted by molar-refractivity contribution is 1.06. The fraction of sp³-hybridized carbons (Fsp3) is 0.200. The normalized spacial score (nSPS) is 12.7. The van der Waals surface area contributed by atoms with Crippen molar-refractivity contribution in [1.29, 1.82) is 0 Å². The number of anilines is 4. The SMILES string of the molecule is CN(C)c1ccc2c(c1)NN(c1ccc(CN)cc1)N2. The number of benzene rings is 2. The molecular formula is C15H19N5. The van der Waals surface area contributed by atoms with E-state index in [0.717, 1.165) is 22.6 Å². The topological polar surface area (TPSA) is 56.6 Å². The number of nitrogens with two attached hydrogens (primary N) is 1. The van der Waals surface area contributed by atoms with E-state index < -0.39 is 0 Å². The van der Waals surface area contributed by atoms with Crippen LogP contribution in [0.3, 0.4) is 0 Å². The third-order valence-corrected chi connectivity index (χ3v) is 3.41. The lowest BCUT2D eigenvalue weighted by Gasteiger charge is -2.19. The third kappa shape index (κ3) is 2.23. The zero-order chi connectivity index (χ0) is 14.1. The molecule has 0 saturated heterocycles. The molecule has 1 heterocycles. The molecule has 2 aromatic carbocycles. The van der Waals surface area contributed by atoms with Crippen LogP contribution in [-0.2, 0) is 6.54 Å². The quantitative estimate of drug-likeness (QED) is 0.799. The largest absolute Gasteiger partial charge is 0.378 e. The van der Waals surface area contributed by atoms with Gasteiger partial charge in [-0.25, -0.2) is 0 Å². The molecule has 0 atom stereocenters. The van der Waals surface area contributed by atoms with E-state index in [1.807, 2.05) is 43.5 Å². The van der Waals surface area contributed by atoms with Crippen LogP contribution >= 0.6 is 0 Å². The summed E-state index contributed by atoms with van der Waals surface area (Å²) in [4.78, 5) is 2.08. The minimum atomic E-state index is 0.563. The smallest absolute Gasteiger partial charge is 0.0832 e. The zero-order valence-electron chi connectivity index (χ0n) is 11.7. The summed E-state index contributed by atoms with van der Waals surface area (Å²) in [5.74, 6) is 0. The molecule has 3 rings (SSSR count). The highest BCUT2D eigenvalue weighted by Crippen LogP contribution is 2.33. The predicted octanol–water partition coefficient (Wildman–Crippen LogP) is 2.39. The molecule has 20 heavy (non-hydrogen) atoms. The van der Waals surface area contributed by atoms with Gasteiger partial charge in [0.2, 0.25) is 0 Å². The summed E-state index contributed by atoms with van der Waals surface area (Å²) in [5, 5.41) is 1.91. The van der Waals surface area contributed by atoms with Gasteiger partial charge in [0.1, 0.15) is 0 Å². The first-order chi connectivity index (χ1) is 9.67. The second kappa shape index (κ2) is 4.94.